The number of nitrogens with one attached hydrogen (secondary N) is 1. The maximum absolute atomic E-state index is 11.2. The van der Waals surface area contributed by atoms with Gasteiger partial charge < -0.3 is 4.74 Å². The summed E-state index contributed by atoms with van der Waals surface area (Å²) in [5.74, 6) is -0.310. The summed E-state index contributed by atoms with van der Waals surface area (Å²) in [6, 6.07) is 9.27. The number of hydrogen-bond acceptors (Lipinski definition) is 4. The van der Waals surface area contributed by atoms with E-state index in [2.05, 4.69) is 5.48 Å². The number of rotatable bonds is 6. The number of hydrogen-bond donors (Lipinski definition) is 1. The van der Waals surface area contributed by atoms with Crippen molar-refractivity contribution in [2.24, 2.45) is 0 Å². The Bertz CT molecular complexity index is 313. The van der Waals surface area contributed by atoms with Gasteiger partial charge >= 0.3 is 5.97 Å². The molecule has 0 bridgehead atoms. The van der Waals surface area contributed by atoms with Crippen molar-refractivity contribution in [3.8, 4) is 0 Å². The van der Waals surface area contributed by atoms with Crippen LogP contribution in [0.3, 0.4) is 0 Å². The van der Waals surface area contributed by atoms with Gasteiger partial charge in [-0.05, 0) is 19.4 Å². The van der Waals surface area contributed by atoms with E-state index in [1.807, 2.05) is 30.3 Å². The lowest BCUT2D eigenvalue weighted by atomic mass is 10.2. The fraction of sp³-hybridized carbons (Fsp3) is 0.417. The first-order valence-corrected chi connectivity index (χ1v) is 5.32. The van der Waals surface area contributed by atoms with E-state index >= 15 is 0 Å². The first-order chi connectivity index (χ1) is 7.74. The summed E-state index contributed by atoms with van der Waals surface area (Å²) < 4.78 is 4.82. The highest BCUT2D eigenvalue weighted by atomic mass is 16.6. The predicted octanol–water partition coefficient (Wildman–Crippen LogP) is 1.66. The smallest absolute Gasteiger partial charge is 0.325 e. The number of carbonyl (C=O) groups is 1. The van der Waals surface area contributed by atoms with E-state index in [-0.39, 0.29) is 5.97 Å². The number of benzene rings is 1. The molecule has 0 aliphatic carbocycles. The van der Waals surface area contributed by atoms with E-state index < -0.39 is 6.04 Å². The fourth-order valence-corrected chi connectivity index (χ4v) is 1.14. The topological polar surface area (TPSA) is 47.6 Å². The Hall–Kier alpha value is -1.39. The van der Waals surface area contributed by atoms with Gasteiger partial charge in [0.1, 0.15) is 6.04 Å². The van der Waals surface area contributed by atoms with Gasteiger partial charge in [-0.1, -0.05) is 30.3 Å². The molecule has 0 heterocycles. The first-order valence-electron chi connectivity index (χ1n) is 5.32. The molecule has 4 heteroatoms. The summed E-state index contributed by atoms with van der Waals surface area (Å²) >= 11 is 0. The summed E-state index contributed by atoms with van der Waals surface area (Å²) in [7, 11) is 0. The van der Waals surface area contributed by atoms with Gasteiger partial charge in [-0.3, -0.25) is 9.63 Å². The van der Waals surface area contributed by atoms with E-state index in [9.17, 15) is 4.79 Å². The van der Waals surface area contributed by atoms with Gasteiger partial charge in [-0.15, -0.1) is 0 Å². The molecule has 0 saturated carbocycles. The van der Waals surface area contributed by atoms with Crippen LogP contribution in [0.2, 0.25) is 0 Å². The van der Waals surface area contributed by atoms with Gasteiger partial charge in [0.2, 0.25) is 0 Å². The maximum atomic E-state index is 11.2. The molecule has 0 aliphatic rings. The number of ether oxygens (including phenoxy) is 1. The Kier molecular flexibility index (Phi) is 5.53. The van der Waals surface area contributed by atoms with Crippen LogP contribution in [-0.4, -0.2) is 18.6 Å². The van der Waals surface area contributed by atoms with Gasteiger partial charge in [0.15, 0.2) is 0 Å². The molecular formula is C12H17NO3. The highest BCUT2D eigenvalue weighted by molar-refractivity contribution is 5.74. The molecular weight excluding hydrogens is 206 g/mol. The van der Waals surface area contributed by atoms with Crippen LogP contribution < -0.4 is 5.48 Å². The van der Waals surface area contributed by atoms with Crippen molar-refractivity contribution in [1.29, 1.82) is 0 Å². The van der Waals surface area contributed by atoms with Gasteiger partial charge in [-0.2, -0.15) is 5.48 Å². The summed E-state index contributed by atoms with van der Waals surface area (Å²) in [5.41, 5.74) is 3.69. The third-order valence-electron chi connectivity index (χ3n) is 1.98. The fourth-order valence-electron chi connectivity index (χ4n) is 1.14. The molecule has 0 radical (unpaired) electrons. The van der Waals surface area contributed by atoms with Crippen molar-refractivity contribution in [3.05, 3.63) is 35.9 Å². The van der Waals surface area contributed by atoms with Crippen LogP contribution in [-0.2, 0) is 21.0 Å². The van der Waals surface area contributed by atoms with Crippen molar-refractivity contribution in [2.45, 2.75) is 26.5 Å². The van der Waals surface area contributed by atoms with E-state index in [0.29, 0.717) is 13.2 Å². The third-order valence-corrected chi connectivity index (χ3v) is 1.98. The second-order valence-electron chi connectivity index (χ2n) is 3.37. The normalized spacial score (nSPS) is 12.1. The molecule has 0 spiro atoms. The minimum atomic E-state index is -0.455. The summed E-state index contributed by atoms with van der Waals surface area (Å²) in [5, 5.41) is 0. The molecule has 1 aromatic rings. The molecule has 1 unspecified atom stereocenters. The third kappa shape index (κ3) is 4.42. The monoisotopic (exact) mass is 223 g/mol. The van der Waals surface area contributed by atoms with Gasteiger partial charge in [0, 0.05) is 0 Å². The molecule has 1 N–H and O–H groups in total. The zero-order chi connectivity index (χ0) is 11.8. The van der Waals surface area contributed by atoms with Gasteiger partial charge in [-0.25, -0.2) is 0 Å². The first kappa shape index (κ1) is 12.7. The Morgan fingerprint density at radius 3 is 2.69 bits per heavy atom. The van der Waals surface area contributed by atoms with Crippen LogP contribution >= 0.6 is 0 Å². The van der Waals surface area contributed by atoms with Crippen molar-refractivity contribution in [1.82, 2.24) is 5.48 Å². The van der Waals surface area contributed by atoms with Gasteiger partial charge in [0.25, 0.3) is 0 Å². The van der Waals surface area contributed by atoms with Crippen LogP contribution in [0.5, 0.6) is 0 Å². The molecule has 88 valence electrons. The average Bonchev–Trinajstić information content (AvgIpc) is 2.30. The van der Waals surface area contributed by atoms with Crippen molar-refractivity contribution >= 4 is 5.97 Å². The average molecular weight is 223 g/mol. The molecule has 1 aromatic carbocycles. The predicted molar refractivity (Wildman–Crippen MR) is 60.5 cm³/mol. The van der Waals surface area contributed by atoms with Crippen molar-refractivity contribution < 1.29 is 14.4 Å². The highest BCUT2D eigenvalue weighted by Crippen LogP contribution is 1.99. The minimum absolute atomic E-state index is 0.310. The largest absolute Gasteiger partial charge is 0.465 e. The number of esters is 1. The molecule has 16 heavy (non-hydrogen) atoms. The summed E-state index contributed by atoms with van der Waals surface area (Å²) in [4.78, 5) is 16.4. The summed E-state index contributed by atoms with van der Waals surface area (Å²) in [6.07, 6.45) is 0. The molecule has 0 fully saturated rings. The lowest BCUT2D eigenvalue weighted by Crippen LogP contribution is -2.35. The van der Waals surface area contributed by atoms with Crippen LogP contribution in [0, 0.1) is 0 Å². The molecule has 1 atom stereocenters. The molecule has 0 saturated heterocycles. The minimum Gasteiger partial charge on any atom is -0.465 e. The van der Waals surface area contributed by atoms with E-state index in [0.717, 1.165) is 5.56 Å². The Morgan fingerprint density at radius 1 is 1.38 bits per heavy atom. The SMILES string of the molecule is CCOC(=O)C(C)NOCc1ccccc1. The van der Waals surface area contributed by atoms with E-state index in [4.69, 9.17) is 9.57 Å². The second-order valence-corrected chi connectivity index (χ2v) is 3.37. The molecule has 0 aromatic heterocycles. The van der Waals surface area contributed by atoms with Crippen LogP contribution in [0.15, 0.2) is 30.3 Å². The van der Waals surface area contributed by atoms with E-state index in [1.54, 1.807) is 13.8 Å². The molecule has 0 aliphatic heterocycles. The standard InChI is InChI=1S/C12H17NO3/c1-3-15-12(14)10(2)13-16-9-11-7-5-4-6-8-11/h4-8,10,13H,3,9H2,1-2H3. The van der Waals surface area contributed by atoms with Crippen molar-refractivity contribution in [3.63, 3.8) is 0 Å². The quantitative estimate of drug-likeness (QED) is 0.588. The molecule has 1 rings (SSSR count). The zero-order valence-electron chi connectivity index (χ0n) is 9.60. The maximum Gasteiger partial charge on any atom is 0.325 e. The lowest BCUT2D eigenvalue weighted by molar-refractivity contribution is -0.149. The zero-order valence-corrected chi connectivity index (χ0v) is 9.60. The molecule has 0 amide bonds. The highest BCUT2D eigenvalue weighted by Gasteiger charge is 2.12. The van der Waals surface area contributed by atoms with Crippen molar-refractivity contribution in [2.75, 3.05) is 6.61 Å². The second kappa shape index (κ2) is 6.98. The lowest BCUT2D eigenvalue weighted by Gasteiger charge is -2.12. The number of hydroxylamine groups is 1. The Labute approximate surface area is 95.5 Å². The molecule has 4 nitrogen and oxygen atoms in total. The van der Waals surface area contributed by atoms with Crippen LogP contribution in [0.4, 0.5) is 0 Å². The Balaban J connectivity index is 2.23. The summed E-state index contributed by atoms with van der Waals surface area (Å²) in [6.45, 7) is 4.27. The Morgan fingerprint density at radius 2 is 2.06 bits per heavy atom. The van der Waals surface area contributed by atoms with Crippen LogP contribution in [0.25, 0.3) is 0 Å². The van der Waals surface area contributed by atoms with Gasteiger partial charge in [0.05, 0.1) is 13.2 Å². The van der Waals surface area contributed by atoms with E-state index in [1.165, 1.54) is 0 Å². The number of carbonyl (C=O) groups excluding carboxylic acids is 1. The van der Waals surface area contributed by atoms with Crippen LogP contribution in [0.1, 0.15) is 19.4 Å².